The van der Waals surface area contributed by atoms with E-state index >= 15 is 0 Å². The Bertz CT molecular complexity index is 1360. The lowest BCUT2D eigenvalue weighted by Gasteiger charge is -2.32. The first-order valence-electron chi connectivity index (χ1n) is 12.8. The molecule has 1 aliphatic carbocycles. The zero-order chi connectivity index (χ0) is 23.9. The Balaban J connectivity index is 1.35. The van der Waals surface area contributed by atoms with Gasteiger partial charge in [0.25, 0.3) is 0 Å². The first-order chi connectivity index (χ1) is 17.1. The second-order valence-electron chi connectivity index (χ2n) is 10.3. The Labute approximate surface area is 205 Å². The monoisotopic (exact) mass is 471 g/mol. The van der Waals surface area contributed by atoms with Gasteiger partial charge in [0.2, 0.25) is 5.95 Å². The van der Waals surface area contributed by atoms with Gasteiger partial charge in [0.05, 0.1) is 24.0 Å². The van der Waals surface area contributed by atoms with E-state index in [0.29, 0.717) is 24.5 Å². The van der Waals surface area contributed by atoms with E-state index in [4.69, 9.17) is 9.97 Å². The van der Waals surface area contributed by atoms with E-state index < -0.39 is 0 Å². The lowest BCUT2D eigenvalue weighted by molar-refractivity contribution is 0.173. The Hall–Kier alpha value is -3.10. The molecule has 0 bridgehead atoms. The standard InChI is InChI=1S/C27H33N7O/c1-17-3-6-20(7-4-17)34-23-14-28-10-9-21(23)22-13-29-27(32-26(22)34)31-24-8-5-19-16-33(11-12-35)15-18(2)25(19)30-24/h5,8-10,13-14,17-18,20,35H,3-4,6-7,11-12,15-16H2,1-2H3,(H,29,30,31,32)/t17?,18-,20?/m1/s1. The Morgan fingerprint density at radius 1 is 1.03 bits per heavy atom. The molecule has 1 aliphatic heterocycles. The van der Waals surface area contributed by atoms with Gasteiger partial charge in [0.15, 0.2) is 0 Å². The molecule has 8 heteroatoms. The van der Waals surface area contributed by atoms with Crippen molar-refractivity contribution in [3.63, 3.8) is 0 Å². The van der Waals surface area contributed by atoms with Gasteiger partial charge >= 0.3 is 0 Å². The molecule has 0 radical (unpaired) electrons. The summed E-state index contributed by atoms with van der Waals surface area (Å²) in [6, 6.07) is 6.64. The summed E-state index contributed by atoms with van der Waals surface area (Å²) in [5, 5.41) is 14.9. The summed E-state index contributed by atoms with van der Waals surface area (Å²) in [5.74, 6) is 2.43. The molecule has 0 unspecified atom stereocenters. The van der Waals surface area contributed by atoms with Gasteiger partial charge in [-0.2, -0.15) is 4.98 Å². The minimum atomic E-state index is 0.182. The number of fused-ring (bicyclic) bond motifs is 4. The van der Waals surface area contributed by atoms with Crippen LogP contribution in [-0.2, 0) is 6.54 Å². The highest BCUT2D eigenvalue weighted by molar-refractivity contribution is 6.06. The number of β-amino-alcohol motifs (C(OH)–C–C–N with tert-alkyl or cyclic N) is 1. The van der Waals surface area contributed by atoms with Gasteiger partial charge < -0.3 is 15.0 Å². The number of aliphatic hydroxyl groups excluding tert-OH is 1. The van der Waals surface area contributed by atoms with Gasteiger partial charge in [-0.3, -0.25) is 9.88 Å². The minimum Gasteiger partial charge on any atom is -0.395 e. The first kappa shape index (κ1) is 22.4. The summed E-state index contributed by atoms with van der Waals surface area (Å²) in [6.07, 6.45) is 10.6. The van der Waals surface area contributed by atoms with Gasteiger partial charge in [-0.05, 0) is 49.3 Å². The van der Waals surface area contributed by atoms with Crippen LogP contribution >= 0.6 is 0 Å². The third kappa shape index (κ3) is 4.15. The molecule has 2 N–H and O–H groups in total. The number of nitrogens with one attached hydrogen (secondary N) is 1. The maximum absolute atomic E-state index is 9.31. The van der Waals surface area contributed by atoms with E-state index in [2.05, 4.69) is 50.7 Å². The fraction of sp³-hybridized carbons (Fsp3) is 0.481. The predicted molar refractivity (Wildman–Crippen MR) is 138 cm³/mol. The Morgan fingerprint density at radius 3 is 2.71 bits per heavy atom. The lowest BCUT2D eigenvalue weighted by Crippen LogP contribution is -2.35. The maximum Gasteiger partial charge on any atom is 0.230 e. The lowest BCUT2D eigenvalue weighted by atomic mass is 9.87. The van der Waals surface area contributed by atoms with Gasteiger partial charge in [0.1, 0.15) is 11.5 Å². The van der Waals surface area contributed by atoms with Crippen molar-refractivity contribution < 1.29 is 5.11 Å². The summed E-state index contributed by atoms with van der Waals surface area (Å²) in [6.45, 7) is 7.15. The molecule has 4 aromatic rings. The number of hydrogen-bond acceptors (Lipinski definition) is 7. The van der Waals surface area contributed by atoms with Crippen molar-refractivity contribution in [1.29, 1.82) is 0 Å². The highest BCUT2D eigenvalue weighted by Crippen LogP contribution is 2.38. The number of aromatic nitrogens is 5. The van der Waals surface area contributed by atoms with Crippen molar-refractivity contribution in [1.82, 2.24) is 29.4 Å². The van der Waals surface area contributed by atoms with Crippen LogP contribution in [0.2, 0.25) is 0 Å². The molecule has 1 atom stereocenters. The number of nitrogens with zero attached hydrogens (tertiary/aromatic N) is 6. The van der Waals surface area contributed by atoms with E-state index in [-0.39, 0.29) is 6.61 Å². The molecule has 2 aliphatic rings. The molecular weight excluding hydrogens is 438 g/mol. The zero-order valence-electron chi connectivity index (χ0n) is 20.5. The fourth-order valence-electron chi connectivity index (χ4n) is 5.94. The number of anilines is 2. The molecule has 0 spiro atoms. The van der Waals surface area contributed by atoms with E-state index in [1.807, 2.05) is 24.7 Å². The first-order valence-corrected chi connectivity index (χ1v) is 12.8. The van der Waals surface area contributed by atoms with Crippen LogP contribution in [0.5, 0.6) is 0 Å². The minimum absolute atomic E-state index is 0.182. The number of aliphatic hydroxyl groups is 1. The summed E-state index contributed by atoms with van der Waals surface area (Å²) < 4.78 is 2.40. The van der Waals surface area contributed by atoms with Gasteiger partial charge in [-0.15, -0.1) is 0 Å². The quantitative estimate of drug-likeness (QED) is 0.433. The van der Waals surface area contributed by atoms with Crippen LogP contribution in [0.1, 0.15) is 62.7 Å². The summed E-state index contributed by atoms with van der Waals surface area (Å²) in [4.78, 5) is 21.3. The van der Waals surface area contributed by atoms with Gasteiger partial charge in [-0.25, -0.2) is 9.97 Å². The highest BCUT2D eigenvalue weighted by atomic mass is 16.3. The SMILES string of the molecule is CC1CCC(n2c3cnccc3c3cnc(Nc4ccc5c(n4)[C@H](C)CN(CCO)C5)nc32)CC1. The van der Waals surface area contributed by atoms with Gasteiger partial charge in [0, 0.05) is 54.8 Å². The van der Waals surface area contributed by atoms with E-state index in [9.17, 15) is 5.11 Å². The molecule has 1 fully saturated rings. The van der Waals surface area contributed by atoms with Crippen molar-refractivity contribution in [3.8, 4) is 0 Å². The van der Waals surface area contributed by atoms with Crippen LogP contribution in [0.25, 0.3) is 21.9 Å². The largest absolute Gasteiger partial charge is 0.395 e. The van der Waals surface area contributed by atoms with Crippen LogP contribution in [0, 0.1) is 5.92 Å². The number of rotatable bonds is 5. The maximum atomic E-state index is 9.31. The third-order valence-corrected chi connectivity index (χ3v) is 7.76. The molecule has 0 aromatic carbocycles. The highest BCUT2D eigenvalue weighted by Gasteiger charge is 2.26. The molecule has 4 aromatic heterocycles. The predicted octanol–water partition coefficient (Wildman–Crippen LogP) is 4.78. The number of pyridine rings is 2. The topological polar surface area (TPSA) is 92.0 Å². The smallest absolute Gasteiger partial charge is 0.230 e. The fourth-order valence-corrected chi connectivity index (χ4v) is 5.94. The zero-order valence-corrected chi connectivity index (χ0v) is 20.5. The summed E-state index contributed by atoms with van der Waals surface area (Å²) in [5.41, 5.74) is 4.44. The van der Waals surface area contributed by atoms with E-state index in [1.54, 1.807) is 0 Å². The molecule has 182 valence electrons. The molecule has 0 saturated heterocycles. The average Bonchev–Trinajstić information content (AvgIpc) is 3.19. The normalized spacial score (nSPS) is 23.0. The summed E-state index contributed by atoms with van der Waals surface area (Å²) >= 11 is 0. The van der Waals surface area contributed by atoms with Gasteiger partial charge in [-0.1, -0.05) is 19.9 Å². The molecule has 5 heterocycles. The van der Waals surface area contributed by atoms with Crippen LogP contribution in [0.4, 0.5) is 11.8 Å². The Kier molecular flexibility index (Phi) is 5.86. The molecule has 35 heavy (non-hydrogen) atoms. The third-order valence-electron chi connectivity index (χ3n) is 7.76. The summed E-state index contributed by atoms with van der Waals surface area (Å²) in [7, 11) is 0. The average molecular weight is 472 g/mol. The van der Waals surface area contributed by atoms with E-state index in [0.717, 1.165) is 52.5 Å². The van der Waals surface area contributed by atoms with Crippen molar-refractivity contribution in [2.75, 3.05) is 25.0 Å². The van der Waals surface area contributed by atoms with Crippen LogP contribution in [0.3, 0.4) is 0 Å². The molecule has 1 saturated carbocycles. The second-order valence-corrected chi connectivity index (χ2v) is 10.3. The van der Waals surface area contributed by atoms with Crippen LogP contribution < -0.4 is 5.32 Å². The number of hydrogen-bond donors (Lipinski definition) is 2. The molecule has 8 nitrogen and oxygen atoms in total. The molecular formula is C27H33N7O. The molecule has 6 rings (SSSR count). The van der Waals surface area contributed by atoms with Crippen LogP contribution in [0.15, 0.2) is 36.8 Å². The van der Waals surface area contributed by atoms with Crippen molar-refractivity contribution in [3.05, 3.63) is 48.0 Å². The molecule has 0 amide bonds. The van der Waals surface area contributed by atoms with E-state index in [1.165, 1.54) is 31.2 Å². The van der Waals surface area contributed by atoms with Crippen molar-refractivity contribution >= 4 is 33.7 Å². The van der Waals surface area contributed by atoms with Crippen molar-refractivity contribution in [2.24, 2.45) is 5.92 Å². The Morgan fingerprint density at radius 2 is 1.89 bits per heavy atom. The van der Waals surface area contributed by atoms with Crippen LogP contribution in [-0.4, -0.2) is 54.2 Å². The van der Waals surface area contributed by atoms with Crippen molar-refractivity contribution in [2.45, 2.75) is 58.0 Å². The second kappa shape index (κ2) is 9.17.